The van der Waals surface area contributed by atoms with Gasteiger partial charge in [0.05, 0.1) is 15.1 Å². The van der Waals surface area contributed by atoms with E-state index in [1.54, 1.807) is 23.5 Å². The summed E-state index contributed by atoms with van der Waals surface area (Å²) in [4.78, 5) is 27.3. The van der Waals surface area contributed by atoms with Crippen LogP contribution in [0.5, 0.6) is 0 Å². The molecule has 1 aliphatic rings. The summed E-state index contributed by atoms with van der Waals surface area (Å²) in [6, 6.07) is 10.6. The molecule has 1 aliphatic heterocycles. The molecule has 1 amide bonds. The lowest BCUT2D eigenvalue weighted by atomic mass is 10.2. The van der Waals surface area contributed by atoms with Crippen LogP contribution in [0.4, 0.5) is 11.4 Å². The number of nitro benzene ring substituents is 1. The standard InChI is InChI=1S/C18H18N4O3S/c1-19-15-6-11-26-17(15)12-16(19)18(23)21-9-7-20(8-10-21)13-2-4-14(5-3-13)22(24)25/h2-6,11-12H,7-10H2,1H3. The first-order valence-electron chi connectivity index (χ1n) is 8.36. The van der Waals surface area contributed by atoms with Crippen molar-refractivity contribution in [3.05, 3.63) is 57.6 Å². The van der Waals surface area contributed by atoms with E-state index in [0.717, 1.165) is 21.6 Å². The Morgan fingerprint density at radius 1 is 1.12 bits per heavy atom. The lowest BCUT2D eigenvalue weighted by molar-refractivity contribution is -0.384. The van der Waals surface area contributed by atoms with Crippen molar-refractivity contribution >= 4 is 38.8 Å². The number of thiophene rings is 1. The molecule has 0 radical (unpaired) electrons. The van der Waals surface area contributed by atoms with E-state index in [9.17, 15) is 14.9 Å². The Bertz CT molecular complexity index is 968. The molecule has 8 heteroatoms. The summed E-state index contributed by atoms with van der Waals surface area (Å²) in [7, 11) is 1.93. The number of anilines is 1. The highest BCUT2D eigenvalue weighted by Gasteiger charge is 2.25. The number of piperazine rings is 1. The van der Waals surface area contributed by atoms with Crippen molar-refractivity contribution in [2.75, 3.05) is 31.1 Å². The number of amides is 1. The van der Waals surface area contributed by atoms with Crippen LogP contribution in [0.3, 0.4) is 0 Å². The minimum absolute atomic E-state index is 0.0549. The maximum atomic E-state index is 12.9. The average molecular weight is 370 g/mol. The van der Waals surface area contributed by atoms with Gasteiger partial charge in [0.25, 0.3) is 11.6 Å². The number of fused-ring (bicyclic) bond motifs is 1. The van der Waals surface area contributed by atoms with Crippen molar-refractivity contribution in [3.63, 3.8) is 0 Å². The lowest BCUT2D eigenvalue weighted by Crippen LogP contribution is -2.49. The Hall–Kier alpha value is -2.87. The highest BCUT2D eigenvalue weighted by molar-refractivity contribution is 7.17. The Morgan fingerprint density at radius 2 is 1.81 bits per heavy atom. The number of carbonyl (C=O) groups excluding carboxylic acids is 1. The molecule has 4 rings (SSSR count). The summed E-state index contributed by atoms with van der Waals surface area (Å²) in [6.45, 7) is 2.69. The molecule has 3 heterocycles. The monoisotopic (exact) mass is 370 g/mol. The minimum Gasteiger partial charge on any atom is -0.368 e. The van der Waals surface area contributed by atoms with Gasteiger partial charge < -0.3 is 14.4 Å². The molecule has 0 atom stereocenters. The number of hydrogen-bond acceptors (Lipinski definition) is 5. The van der Waals surface area contributed by atoms with Gasteiger partial charge >= 0.3 is 0 Å². The van der Waals surface area contributed by atoms with Crippen LogP contribution in [0.25, 0.3) is 10.2 Å². The number of non-ortho nitro benzene ring substituents is 1. The first kappa shape index (κ1) is 16.6. The van der Waals surface area contributed by atoms with E-state index in [1.165, 1.54) is 12.1 Å². The maximum absolute atomic E-state index is 12.9. The molecule has 1 fully saturated rings. The topological polar surface area (TPSA) is 71.6 Å². The molecule has 0 N–H and O–H groups in total. The highest BCUT2D eigenvalue weighted by atomic mass is 32.1. The molecule has 134 valence electrons. The fourth-order valence-electron chi connectivity index (χ4n) is 3.37. The van der Waals surface area contributed by atoms with Crippen molar-refractivity contribution in [3.8, 4) is 0 Å². The van der Waals surface area contributed by atoms with Crippen LogP contribution in [0.1, 0.15) is 10.5 Å². The van der Waals surface area contributed by atoms with Gasteiger partial charge in [-0.05, 0) is 29.6 Å². The normalized spacial score (nSPS) is 14.8. The molecular formula is C18H18N4O3S. The summed E-state index contributed by atoms with van der Waals surface area (Å²) in [6.07, 6.45) is 0. The number of aryl methyl sites for hydroxylation is 1. The highest BCUT2D eigenvalue weighted by Crippen LogP contribution is 2.26. The fourth-order valence-corrected chi connectivity index (χ4v) is 4.22. The van der Waals surface area contributed by atoms with Crippen molar-refractivity contribution in [1.29, 1.82) is 0 Å². The molecule has 0 unspecified atom stereocenters. The smallest absolute Gasteiger partial charge is 0.270 e. The van der Waals surface area contributed by atoms with E-state index in [2.05, 4.69) is 4.90 Å². The minimum atomic E-state index is -0.398. The molecule has 26 heavy (non-hydrogen) atoms. The summed E-state index contributed by atoms with van der Waals surface area (Å²) in [5.74, 6) is 0.0549. The summed E-state index contributed by atoms with van der Waals surface area (Å²) < 4.78 is 3.08. The summed E-state index contributed by atoms with van der Waals surface area (Å²) >= 11 is 1.64. The average Bonchev–Trinajstić information content (AvgIpc) is 3.24. The Morgan fingerprint density at radius 3 is 2.42 bits per heavy atom. The van der Waals surface area contributed by atoms with Crippen LogP contribution >= 0.6 is 11.3 Å². The molecule has 3 aromatic rings. The number of benzene rings is 1. The van der Waals surface area contributed by atoms with E-state index in [0.29, 0.717) is 26.2 Å². The number of nitro groups is 1. The zero-order chi connectivity index (χ0) is 18.3. The molecule has 0 bridgehead atoms. The van der Waals surface area contributed by atoms with Gasteiger partial charge in [0.2, 0.25) is 0 Å². The largest absolute Gasteiger partial charge is 0.368 e. The predicted molar refractivity (Wildman–Crippen MR) is 102 cm³/mol. The van der Waals surface area contributed by atoms with Crippen LogP contribution in [0.15, 0.2) is 41.8 Å². The van der Waals surface area contributed by atoms with Gasteiger partial charge in [-0.2, -0.15) is 0 Å². The van der Waals surface area contributed by atoms with Crippen LogP contribution in [-0.4, -0.2) is 46.5 Å². The Labute approximate surface area is 154 Å². The Kier molecular flexibility index (Phi) is 4.12. The van der Waals surface area contributed by atoms with Crippen LogP contribution in [0, 0.1) is 10.1 Å². The van der Waals surface area contributed by atoms with Crippen molar-refractivity contribution in [1.82, 2.24) is 9.47 Å². The third-order valence-corrected chi connectivity index (χ3v) is 5.73. The van der Waals surface area contributed by atoms with Gasteiger partial charge in [-0.3, -0.25) is 14.9 Å². The number of aromatic nitrogens is 1. The lowest BCUT2D eigenvalue weighted by Gasteiger charge is -2.36. The molecule has 1 saturated heterocycles. The Balaban J connectivity index is 1.44. The summed E-state index contributed by atoms with van der Waals surface area (Å²) in [5, 5.41) is 12.8. The molecule has 0 spiro atoms. The van der Waals surface area contributed by atoms with Crippen molar-refractivity contribution in [2.24, 2.45) is 7.05 Å². The number of nitrogens with zero attached hydrogens (tertiary/aromatic N) is 4. The number of hydrogen-bond donors (Lipinski definition) is 0. The van der Waals surface area contributed by atoms with E-state index >= 15 is 0 Å². The van der Waals surface area contributed by atoms with Gasteiger partial charge in [0.1, 0.15) is 5.69 Å². The van der Waals surface area contributed by atoms with Crippen LogP contribution in [-0.2, 0) is 7.05 Å². The molecular weight excluding hydrogens is 352 g/mol. The van der Waals surface area contributed by atoms with Gasteiger partial charge in [-0.15, -0.1) is 11.3 Å². The predicted octanol–water partition coefficient (Wildman–Crippen LogP) is 3.11. The van der Waals surface area contributed by atoms with E-state index in [-0.39, 0.29) is 11.6 Å². The van der Waals surface area contributed by atoms with Crippen LogP contribution in [0.2, 0.25) is 0 Å². The van der Waals surface area contributed by atoms with Crippen molar-refractivity contribution in [2.45, 2.75) is 0 Å². The van der Waals surface area contributed by atoms with Gasteiger partial charge in [-0.1, -0.05) is 0 Å². The first-order valence-corrected chi connectivity index (χ1v) is 9.24. The van der Waals surface area contributed by atoms with E-state index in [1.807, 2.05) is 34.0 Å². The van der Waals surface area contributed by atoms with Crippen LogP contribution < -0.4 is 4.90 Å². The van der Waals surface area contributed by atoms with Gasteiger partial charge in [-0.25, -0.2) is 0 Å². The molecule has 7 nitrogen and oxygen atoms in total. The fraction of sp³-hybridized carbons (Fsp3) is 0.278. The molecule has 2 aromatic heterocycles. The second kappa shape index (κ2) is 6.45. The first-order chi connectivity index (χ1) is 12.5. The molecule has 0 saturated carbocycles. The maximum Gasteiger partial charge on any atom is 0.270 e. The summed E-state index contributed by atoms with van der Waals surface area (Å²) in [5.41, 5.74) is 2.84. The van der Waals surface area contributed by atoms with E-state index < -0.39 is 4.92 Å². The zero-order valence-corrected chi connectivity index (χ0v) is 15.1. The SMILES string of the molecule is Cn1c(C(=O)N2CCN(c3ccc([N+](=O)[O-])cc3)CC2)cc2sccc21. The third-order valence-electron chi connectivity index (χ3n) is 4.88. The third kappa shape index (κ3) is 2.82. The van der Waals surface area contributed by atoms with Gasteiger partial charge in [0, 0.05) is 51.0 Å². The van der Waals surface area contributed by atoms with E-state index in [4.69, 9.17) is 0 Å². The van der Waals surface area contributed by atoms with Gasteiger partial charge in [0.15, 0.2) is 0 Å². The second-order valence-electron chi connectivity index (χ2n) is 6.31. The molecule has 1 aromatic carbocycles. The number of rotatable bonds is 3. The number of carbonyl (C=O) groups is 1. The second-order valence-corrected chi connectivity index (χ2v) is 7.26. The quantitative estimate of drug-likeness (QED) is 0.525. The molecule has 0 aliphatic carbocycles. The zero-order valence-electron chi connectivity index (χ0n) is 14.3. The van der Waals surface area contributed by atoms with Crippen molar-refractivity contribution < 1.29 is 9.72 Å².